The van der Waals surface area contributed by atoms with Crippen LogP contribution in [0.5, 0.6) is 0 Å². The molecule has 8 heteroatoms. The fraction of sp³-hybridized carbons (Fsp3) is 0.444. The molecular weight excluding hydrogens is 250 g/mol. The van der Waals surface area contributed by atoms with Gasteiger partial charge >= 0.3 is 11.9 Å². The summed E-state index contributed by atoms with van der Waals surface area (Å²) in [6.45, 7) is 0.231. The van der Waals surface area contributed by atoms with Crippen LogP contribution in [0.3, 0.4) is 0 Å². The number of hydrogen-bond donors (Lipinski definition) is 2. The van der Waals surface area contributed by atoms with Crippen LogP contribution in [0.25, 0.3) is 0 Å². The van der Waals surface area contributed by atoms with E-state index in [1.165, 1.54) is 4.90 Å². The van der Waals surface area contributed by atoms with Crippen molar-refractivity contribution in [2.45, 2.75) is 6.54 Å². The van der Waals surface area contributed by atoms with Gasteiger partial charge in [-0.15, -0.1) is 12.4 Å². The lowest BCUT2D eigenvalue weighted by molar-refractivity contribution is -0.141. The van der Waals surface area contributed by atoms with Crippen molar-refractivity contribution >= 4 is 24.3 Å². The normalized spacial score (nSPS) is 9.94. The Morgan fingerprint density at radius 2 is 1.82 bits per heavy atom. The number of halogens is 1. The third-order valence-electron chi connectivity index (χ3n) is 1.92. The molecule has 0 spiro atoms. The van der Waals surface area contributed by atoms with Crippen molar-refractivity contribution in [3.05, 3.63) is 18.5 Å². The molecule has 0 radical (unpaired) electrons. The highest BCUT2D eigenvalue weighted by Crippen LogP contribution is 1.92. The average molecular weight is 264 g/mol. The van der Waals surface area contributed by atoms with Gasteiger partial charge in [0.25, 0.3) is 0 Å². The summed E-state index contributed by atoms with van der Waals surface area (Å²) in [7, 11) is 0. The molecule has 2 N–H and O–H groups in total. The van der Waals surface area contributed by atoms with Crippen molar-refractivity contribution in [2.75, 3.05) is 19.6 Å². The molecule has 96 valence electrons. The maximum atomic E-state index is 10.5. The predicted octanol–water partition coefficient (Wildman–Crippen LogP) is -0.224. The Bertz CT molecular complexity index is 339. The molecule has 1 heterocycles. The maximum absolute atomic E-state index is 10.5. The van der Waals surface area contributed by atoms with Crippen molar-refractivity contribution in [2.24, 2.45) is 0 Å². The highest BCUT2D eigenvalue weighted by Gasteiger charge is 2.12. The van der Waals surface area contributed by atoms with Crippen LogP contribution < -0.4 is 0 Å². The summed E-state index contributed by atoms with van der Waals surface area (Å²) in [4.78, 5) is 22.3. The molecule has 1 aromatic rings. The minimum atomic E-state index is -1.04. The van der Waals surface area contributed by atoms with Gasteiger partial charge < -0.3 is 10.2 Å². The van der Waals surface area contributed by atoms with E-state index < -0.39 is 11.9 Å². The van der Waals surface area contributed by atoms with Crippen LogP contribution in [0.2, 0.25) is 0 Å². The van der Waals surface area contributed by atoms with Gasteiger partial charge in [0, 0.05) is 18.9 Å². The van der Waals surface area contributed by atoms with Crippen LogP contribution in [-0.2, 0) is 16.1 Å². The minimum Gasteiger partial charge on any atom is -0.480 e. The van der Waals surface area contributed by atoms with E-state index in [-0.39, 0.29) is 25.5 Å². The Kier molecular flexibility index (Phi) is 6.92. The molecule has 0 atom stereocenters. The predicted molar refractivity (Wildman–Crippen MR) is 61.2 cm³/mol. The first-order chi connectivity index (χ1) is 7.58. The van der Waals surface area contributed by atoms with Gasteiger partial charge in [0.15, 0.2) is 0 Å². The molecule has 1 rings (SSSR count). The summed E-state index contributed by atoms with van der Waals surface area (Å²) in [5.41, 5.74) is 0. The number of hydrogen-bond acceptors (Lipinski definition) is 4. The summed E-state index contributed by atoms with van der Waals surface area (Å²) < 4.78 is 1.62. The van der Waals surface area contributed by atoms with E-state index in [1.807, 2.05) is 0 Å². The van der Waals surface area contributed by atoms with Gasteiger partial charge in [0.05, 0.1) is 19.6 Å². The summed E-state index contributed by atoms with van der Waals surface area (Å²) in [5, 5.41) is 21.1. The summed E-state index contributed by atoms with van der Waals surface area (Å²) in [6.07, 6.45) is 3.35. The van der Waals surface area contributed by atoms with E-state index in [2.05, 4.69) is 5.10 Å². The molecule has 0 saturated carbocycles. The number of rotatable bonds is 7. The molecule has 0 aliphatic heterocycles. The zero-order valence-corrected chi connectivity index (χ0v) is 9.84. The first-order valence-electron chi connectivity index (χ1n) is 4.71. The summed E-state index contributed by atoms with van der Waals surface area (Å²) in [6, 6.07) is 1.75. The fourth-order valence-electron chi connectivity index (χ4n) is 1.27. The van der Waals surface area contributed by atoms with Gasteiger partial charge in [0.2, 0.25) is 0 Å². The van der Waals surface area contributed by atoms with Crippen LogP contribution in [-0.4, -0.2) is 56.5 Å². The smallest absolute Gasteiger partial charge is 0.317 e. The Morgan fingerprint density at radius 1 is 1.24 bits per heavy atom. The van der Waals surface area contributed by atoms with Crippen LogP contribution in [0, 0.1) is 0 Å². The molecule has 0 fully saturated rings. The number of carboxylic acid groups (broad SMARTS) is 2. The molecule has 7 nitrogen and oxygen atoms in total. The van der Waals surface area contributed by atoms with E-state index in [0.717, 1.165) is 0 Å². The largest absolute Gasteiger partial charge is 0.480 e. The summed E-state index contributed by atoms with van der Waals surface area (Å²) in [5.74, 6) is -2.08. The van der Waals surface area contributed by atoms with Crippen molar-refractivity contribution in [1.82, 2.24) is 14.7 Å². The third kappa shape index (κ3) is 6.54. The molecule has 0 saturated heterocycles. The zero-order chi connectivity index (χ0) is 12.0. The first kappa shape index (κ1) is 15.4. The second-order valence-electron chi connectivity index (χ2n) is 3.27. The average Bonchev–Trinajstić information content (AvgIpc) is 2.64. The number of carboxylic acids is 2. The van der Waals surface area contributed by atoms with Crippen LogP contribution in [0.15, 0.2) is 18.5 Å². The van der Waals surface area contributed by atoms with Gasteiger partial charge in [-0.1, -0.05) is 0 Å². The number of carbonyl (C=O) groups is 2. The van der Waals surface area contributed by atoms with E-state index in [1.54, 1.807) is 23.1 Å². The monoisotopic (exact) mass is 263 g/mol. The molecule has 1 aromatic heterocycles. The van der Waals surface area contributed by atoms with Crippen molar-refractivity contribution in [3.8, 4) is 0 Å². The fourth-order valence-corrected chi connectivity index (χ4v) is 1.27. The lowest BCUT2D eigenvalue weighted by atomic mass is 10.4. The number of aromatic nitrogens is 2. The lowest BCUT2D eigenvalue weighted by Gasteiger charge is -2.17. The molecule has 0 aliphatic rings. The standard InChI is InChI=1S/C9H13N3O4.ClH/c13-8(14)6-11(7-9(15)16)4-5-12-3-1-2-10-12;/h1-3H,4-7H2,(H,13,14)(H,15,16);1H. The van der Waals surface area contributed by atoms with E-state index >= 15 is 0 Å². The van der Waals surface area contributed by atoms with Gasteiger partial charge in [0.1, 0.15) is 0 Å². The zero-order valence-electron chi connectivity index (χ0n) is 9.02. The molecule has 0 aromatic carbocycles. The Labute approximate surface area is 104 Å². The van der Waals surface area contributed by atoms with Gasteiger partial charge in [-0.25, -0.2) is 0 Å². The maximum Gasteiger partial charge on any atom is 0.317 e. The Hall–Kier alpha value is -1.60. The molecule has 0 unspecified atom stereocenters. The Morgan fingerprint density at radius 3 is 2.24 bits per heavy atom. The van der Waals surface area contributed by atoms with Crippen LogP contribution in [0.1, 0.15) is 0 Å². The van der Waals surface area contributed by atoms with Crippen molar-refractivity contribution in [3.63, 3.8) is 0 Å². The number of aliphatic carboxylic acids is 2. The quantitative estimate of drug-likeness (QED) is 0.706. The molecule has 17 heavy (non-hydrogen) atoms. The Balaban J connectivity index is 0.00000256. The second-order valence-corrected chi connectivity index (χ2v) is 3.27. The first-order valence-corrected chi connectivity index (χ1v) is 4.71. The van der Waals surface area contributed by atoms with E-state index in [0.29, 0.717) is 13.1 Å². The number of nitrogens with zero attached hydrogens (tertiary/aromatic N) is 3. The summed E-state index contributed by atoms with van der Waals surface area (Å²) >= 11 is 0. The molecule has 0 bridgehead atoms. The molecule has 0 aliphatic carbocycles. The topological polar surface area (TPSA) is 95.7 Å². The lowest BCUT2D eigenvalue weighted by Crippen LogP contribution is -2.36. The van der Waals surface area contributed by atoms with E-state index in [4.69, 9.17) is 10.2 Å². The van der Waals surface area contributed by atoms with Gasteiger partial charge in [-0.05, 0) is 6.07 Å². The van der Waals surface area contributed by atoms with Crippen LogP contribution >= 0.6 is 12.4 Å². The minimum absolute atomic E-state index is 0. The van der Waals surface area contributed by atoms with E-state index in [9.17, 15) is 9.59 Å². The van der Waals surface area contributed by atoms with Crippen molar-refractivity contribution < 1.29 is 19.8 Å². The van der Waals surface area contributed by atoms with Gasteiger partial charge in [-0.3, -0.25) is 19.2 Å². The van der Waals surface area contributed by atoms with Crippen LogP contribution in [0.4, 0.5) is 0 Å². The second kappa shape index (κ2) is 7.64. The van der Waals surface area contributed by atoms with Crippen molar-refractivity contribution in [1.29, 1.82) is 0 Å². The van der Waals surface area contributed by atoms with Gasteiger partial charge in [-0.2, -0.15) is 5.10 Å². The molecular formula is C9H14ClN3O4. The highest BCUT2D eigenvalue weighted by atomic mass is 35.5. The highest BCUT2D eigenvalue weighted by molar-refractivity contribution is 5.85. The third-order valence-corrected chi connectivity index (χ3v) is 1.92. The molecule has 0 amide bonds. The SMILES string of the molecule is Cl.O=C(O)CN(CCn1cccn1)CC(=O)O.